The molecule has 0 aliphatic carbocycles. The first-order valence-electron chi connectivity index (χ1n) is 4.90. The first kappa shape index (κ1) is 12.1. The molecule has 1 aromatic heterocycles. The van der Waals surface area contributed by atoms with Crippen molar-refractivity contribution in [2.75, 3.05) is 12.0 Å². The van der Waals surface area contributed by atoms with Gasteiger partial charge < -0.3 is 5.73 Å². The Kier molecular flexibility index (Phi) is 2.92. The molecule has 90 valence electrons. The van der Waals surface area contributed by atoms with Crippen molar-refractivity contribution in [3.05, 3.63) is 29.3 Å². The van der Waals surface area contributed by atoms with Gasteiger partial charge in [-0.3, -0.25) is 0 Å². The van der Waals surface area contributed by atoms with Gasteiger partial charge in [0.15, 0.2) is 9.84 Å². The summed E-state index contributed by atoms with van der Waals surface area (Å²) in [6, 6.07) is 4.95. The molecule has 2 aromatic rings. The van der Waals surface area contributed by atoms with E-state index >= 15 is 0 Å². The third-order valence-electron chi connectivity index (χ3n) is 2.28. The highest BCUT2D eigenvalue weighted by Gasteiger charge is 2.13. The van der Waals surface area contributed by atoms with E-state index in [-0.39, 0.29) is 10.6 Å². The third kappa shape index (κ3) is 2.48. The number of nitrogens with zero attached hydrogens (tertiary/aromatic N) is 1. The zero-order chi connectivity index (χ0) is 12.6. The molecule has 0 unspecified atom stereocenters. The van der Waals surface area contributed by atoms with Crippen LogP contribution < -0.4 is 5.73 Å². The van der Waals surface area contributed by atoms with Crippen molar-refractivity contribution in [1.29, 1.82) is 0 Å². The average Bonchev–Trinajstić information content (AvgIpc) is 2.64. The molecule has 4 nitrogen and oxygen atoms in total. The van der Waals surface area contributed by atoms with E-state index in [0.717, 1.165) is 21.7 Å². The Morgan fingerprint density at radius 1 is 1.35 bits per heavy atom. The number of nitrogens with two attached hydrogens (primary N) is 1. The number of aromatic nitrogens is 1. The standard InChI is InChI=1S/C11H12N2O2S2/c1-7-6-13-11(16-7)8-3-4-9(12)10(5-8)17(2,14)15/h3-6H,12H2,1-2H3. The Hall–Kier alpha value is -1.40. The summed E-state index contributed by atoms with van der Waals surface area (Å²) in [6.45, 7) is 1.95. The summed E-state index contributed by atoms with van der Waals surface area (Å²) in [4.78, 5) is 5.46. The zero-order valence-corrected chi connectivity index (χ0v) is 11.1. The van der Waals surface area contributed by atoms with Crippen molar-refractivity contribution in [3.8, 4) is 10.6 Å². The smallest absolute Gasteiger partial charge is 0.177 e. The predicted octanol–water partition coefficient (Wildman–Crippen LogP) is 2.10. The maximum absolute atomic E-state index is 11.5. The van der Waals surface area contributed by atoms with Gasteiger partial charge >= 0.3 is 0 Å². The number of sulfone groups is 1. The van der Waals surface area contributed by atoms with E-state index in [4.69, 9.17) is 5.73 Å². The van der Waals surface area contributed by atoms with Gasteiger partial charge in [0.05, 0.1) is 10.6 Å². The van der Waals surface area contributed by atoms with Gasteiger partial charge in [-0.1, -0.05) is 0 Å². The minimum absolute atomic E-state index is 0.155. The fourth-order valence-corrected chi connectivity index (χ4v) is 3.07. The van der Waals surface area contributed by atoms with Crippen LogP contribution in [-0.2, 0) is 9.84 Å². The molecule has 0 fully saturated rings. The fourth-order valence-electron chi connectivity index (χ4n) is 1.48. The van der Waals surface area contributed by atoms with E-state index in [2.05, 4.69) is 4.98 Å². The van der Waals surface area contributed by atoms with Gasteiger partial charge in [0.1, 0.15) is 5.01 Å². The number of nitrogen functional groups attached to an aromatic ring is 1. The Labute approximate surface area is 104 Å². The van der Waals surface area contributed by atoms with E-state index in [1.54, 1.807) is 24.4 Å². The van der Waals surface area contributed by atoms with Crippen LogP contribution in [0.15, 0.2) is 29.3 Å². The molecule has 0 amide bonds. The van der Waals surface area contributed by atoms with Crippen molar-refractivity contribution in [2.24, 2.45) is 0 Å². The number of thiazole rings is 1. The molecule has 0 saturated heterocycles. The molecule has 0 saturated carbocycles. The number of aryl methyl sites for hydroxylation is 1. The number of benzene rings is 1. The van der Waals surface area contributed by atoms with Crippen LogP contribution in [-0.4, -0.2) is 19.7 Å². The molecule has 0 radical (unpaired) electrons. The number of rotatable bonds is 2. The van der Waals surface area contributed by atoms with Crippen LogP contribution in [0, 0.1) is 6.92 Å². The van der Waals surface area contributed by atoms with Gasteiger partial charge in [-0.2, -0.15) is 0 Å². The molecule has 0 spiro atoms. The largest absolute Gasteiger partial charge is 0.398 e. The minimum atomic E-state index is -3.31. The number of hydrogen-bond acceptors (Lipinski definition) is 5. The van der Waals surface area contributed by atoms with Gasteiger partial charge in [-0.15, -0.1) is 11.3 Å². The Bertz CT molecular complexity index is 660. The average molecular weight is 268 g/mol. The molecule has 0 aliphatic heterocycles. The van der Waals surface area contributed by atoms with Crippen LogP contribution in [0.5, 0.6) is 0 Å². The molecule has 1 aromatic carbocycles. The monoisotopic (exact) mass is 268 g/mol. The van der Waals surface area contributed by atoms with Gasteiger partial charge in [-0.05, 0) is 25.1 Å². The summed E-state index contributed by atoms with van der Waals surface area (Å²) < 4.78 is 23.1. The van der Waals surface area contributed by atoms with Crippen LogP contribution in [0.1, 0.15) is 4.88 Å². The van der Waals surface area contributed by atoms with E-state index in [0.29, 0.717) is 0 Å². The van der Waals surface area contributed by atoms with E-state index in [1.807, 2.05) is 6.92 Å². The maximum atomic E-state index is 11.5. The Morgan fingerprint density at radius 3 is 2.59 bits per heavy atom. The van der Waals surface area contributed by atoms with Crippen LogP contribution in [0.4, 0.5) is 5.69 Å². The first-order valence-corrected chi connectivity index (χ1v) is 7.61. The van der Waals surface area contributed by atoms with Crippen LogP contribution >= 0.6 is 11.3 Å². The summed E-state index contributed by atoms with van der Waals surface area (Å²) in [5.74, 6) is 0. The van der Waals surface area contributed by atoms with Crippen molar-refractivity contribution < 1.29 is 8.42 Å². The summed E-state index contributed by atoms with van der Waals surface area (Å²) in [5, 5.41) is 0.799. The molecule has 0 bridgehead atoms. The second-order valence-corrected chi connectivity index (χ2v) is 7.02. The molecular formula is C11H12N2O2S2. The highest BCUT2D eigenvalue weighted by Crippen LogP contribution is 2.29. The third-order valence-corrected chi connectivity index (χ3v) is 4.40. The summed E-state index contributed by atoms with van der Waals surface area (Å²) in [5.41, 5.74) is 6.71. The lowest BCUT2D eigenvalue weighted by molar-refractivity contribution is 0.602. The van der Waals surface area contributed by atoms with E-state index in [9.17, 15) is 8.42 Å². The second-order valence-electron chi connectivity index (χ2n) is 3.80. The lowest BCUT2D eigenvalue weighted by Crippen LogP contribution is -2.02. The van der Waals surface area contributed by atoms with Crippen molar-refractivity contribution in [3.63, 3.8) is 0 Å². The summed E-state index contributed by atoms with van der Waals surface area (Å²) >= 11 is 1.52. The lowest BCUT2D eigenvalue weighted by Gasteiger charge is -2.05. The van der Waals surface area contributed by atoms with Crippen molar-refractivity contribution in [1.82, 2.24) is 4.98 Å². The lowest BCUT2D eigenvalue weighted by atomic mass is 10.2. The molecule has 0 atom stereocenters. The zero-order valence-electron chi connectivity index (χ0n) is 9.47. The molecule has 1 heterocycles. The minimum Gasteiger partial charge on any atom is -0.398 e. The maximum Gasteiger partial charge on any atom is 0.177 e. The van der Waals surface area contributed by atoms with Gasteiger partial charge in [0.25, 0.3) is 0 Å². The fraction of sp³-hybridized carbons (Fsp3) is 0.182. The van der Waals surface area contributed by atoms with E-state index < -0.39 is 9.84 Å². The molecule has 2 rings (SSSR count). The quantitative estimate of drug-likeness (QED) is 0.847. The van der Waals surface area contributed by atoms with Crippen molar-refractivity contribution >= 4 is 26.9 Å². The highest BCUT2D eigenvalue weighted by atomic mass is 32.2. The topological polar surface area (TPSA) is 73.0 Å². The molecule has 0 aliphatic rings. The molecular weight excluding hydrogens is 256 g/mol. The SMILES string of the molecule is Cc1cnc(-c2ccc(N)c(S(C)(=O)=O)c2)s1. The molecule has 2 N–H and O–H groups in total. The predicted molar refractivity (Wildman–Crippen MR) is 69.8 cm³/mol. The van der Waals surface area contributed by atoms with E-state index in [1.165, 1.54) is 11.3 Å². The number of anilines is 1. The first-order chi connectivity index (χ1) is 7.88. The van der Waals surface area contributed by atoms with Crippen LogP contribution in [0.25, 0.3) is 10.6 Å². The van der Waals surface area contributed by atoms with Crippen LogP contribution in [0.3, 0.4) is 0 Å². The molecule has 17 heavy (non-hydrogen) atoms. The second kappa shape index (κ2) is 4.12. The molecule has 6 heteroatoms. The normalized spacial score (nSPS) is 11.6. The van der Waals surface area contributed by atoms with Gasteiger partial charge in [0, 0.05) is 22.9 Å². The van der Waals surface area contributed by atoms with Crippen molar-refractivity contribution in [2.45, 2.75) is 11.8 Å². The van der Waals surface area contributed by atoms with Gasteiger partial charge in [0.2, 0.25) is 0 Å². The van der Waals surface area contributed by atoms with Gasteiger partial charge in [-0.25, -0.2) is 13.4 Å². The Balaban J connectivity index is 2.59. The highest BCUT2D eigenvalue weighted by molar-refractivity contribution is 7.90. The summed E-state index contributed by atoms with van der Waals surface area (Å²) in [6.07, 6.45) is 2.91. The summed E-state index contributed by atoms with van der Waals surface area (Å²) in [7, 11) is -3.31. The number of hydrogen-bond donors (Lipinski definition) is 1. The van der Waals surface area contributed by atoms with Crippen LogP contribution in [0.2, 0.25) is 0 Å². The Morgan fingerprint density at radius 2 is 2.06 bits per heavy atom.